The summed E-state index contributed by atoms with van der Waals surface area (Å²) in [5.74, 6) is -0.821. The number of carboxylic acid groups (broad SMARTS) is 1. The molecule has 1 aromatic carbocycles. The summed E-state index contributed by atoms with van der Waals surface area (Å²) >= 11 is 0. The number of ether oxygens (including phenoxy) is 1. The third-order valence-electron chi connectivity index (χ3n) is 3.08. The van der Waals surface area contributed by atoms with Crippen LogP contribution in [0.4, 0.5) is 0 Å². The van der Waals surface area contributed by atoms with Crippen molar-refractivity contribution in [1.82, 2.24) is 0 Å². The van der Waals surface area contributed by atoms with E-state index in [2.05, 4.69) is 24.3 Å². The summed E-state index contributed by atoms with van der Waals surface area (Å²) in [6.07, 6.45) is 1.58. The molecule has 3 nitrogen and oxygen atoms in total. The van der Waals surface area contributed by atoms with Crippen molar-refractivity contribution in [2.24, 2.45) is 0 Å². The van der Waals surface area contributed by atoms with Crippen LogP contribution in [0.3, 0.4) is 0 Å². The first kappa shape index (κ1) is 13.7. The lowest BCUT2D eigenvalue weighted by Gasteiger charge is -2.26. The van der Waals surface area contributed by atoms with Gasteiger partial charge in [0.15, 0.2) is 0 Å². The minimum atomic E-state index is -0.821. The van der Waals surface area contributed by atoms with E-state index in [1.54, 1.807) is 7.11 Å². The predicted molar refractivity (Wildman–Crippen MR) is 67.2 cm³/mol. The highest BCUT2D eigenvalue weighted by molar-refractivity contribution is 5.68. The number of aliphatic carboxylic acids is 1. The maximum Gasteiger partial charge on any atom is 0.306 e. The first-order valence-electron chi connectivity index (χ1n) is 5.78. The number of aryl methyl sites for hydroxylation is 2. The quantitative estimate of drug-likeness (QED) is 0.826. The van der Waals surface area contributed by atoms with Crippen molar-refractivity contribution < 1.29 is 14.6 Å². The first-order valence-corrected chi connectivity index (χ1v) is 5.78. The molecule has 0 amide bonds. The molecule has 1 aromatic rings. The van der Waals surface area contributed by atoms with E-state index in [9.17, 15) is 4.79 Å². The van der Waals surface area contributed by atoms with E-state index in [0.717, 1.165) is 6.42 Å². The molecule has 17 heavy (non-hydrogen) atoms. The number of methoxy groups -OCH3 is 1. The van der Waals surface area contributed by atoms with E-state index in [1.807, 2.05) is 13.8 Å². The summed E-state index contributed by atoms with van der Waals surface area (Å²) in [4.78, 5) is 10.7. The lowest BCUT2D eigenvalue weighted by molar-refractivity contribution is -0.143. The number of rotatable bonds is 6. The van der Waals surface area contributed by atoms with E-state index in [-0.39, 0.29) is 6.42 Å². The van der Waals surface area contributed by atoms with Crippen LogP contribution in [0.5, 0.6) is 0 Å². The van der Waals surface area contributed by atoms with Crippen molar-refractivity contribution in [1.29, 1.82) is 0 Å². The molecular formula is C14H20O3. The van der Waals surface area contributed by atoms with E-state index in [0.29, 0.717) is 6.42 Å². The number of carbonyl (C=O) groups is 1. The van der Waals surface area contributed by atoms with Gasteiger partial charge in [-0.2, -0.15) is 0 Å². The lowest BCUT2D eigenvalue weighted by Crippen LogP contribution is -2.31. The van der Waals surface area contributed by atoms with Gasteiger partial charge < -0.3 is 9.84 Å². The largest absolute Gasteiger partial charge is 0.481 e. The lowest BCUT2D eigenvalue weighted by atomic mass is 9.93. The summed E-state index contributed by atoms with van der Waals surface area (Å²) in [7, 11) is 1.57. The van der Waals surface area contributed by atoms with Crippen LogP contribution in [0.25, 0.3) is 0 Å². The minimum absolute atomic E-state index is 0.0371. The van der Waals surface area contributed by atoms with Crippen molar-refractivity contribution in [3.8, 4) is 0 Å². The average Bonchev–Trinajstić information content (AvgIpc) is 2.27. The molecule has 0 spiro atoms. The Morgan fingerprint density at radius 1 is 1.35 bits per heavy atom. The summed E-state index contributed by atoms with van der Waals surface area (Å²) in [5.41, 5.74) is 1.86. The van der Waals surface area contributed by atoms with E-state index < -0.39 is 11.6 Å². The Labute approximate surface area is 102 Å². The van der Waals surface area contributed by atoms with Crippen LogP contribution in [0.2, 0.25) is 0 Å². The van der Waals surface area contributed by atoms with Crippen molar-refractivity contribution in [2.75, 3.05) is 7.11 Å². The maximum absolute atomic E-state index is 10.7. The van der Waals surface area contributed by atoms with Gasteiger partial charge in [-0.3, -0.25) is 4.79 Å². The molecule has 0 bridgehead atoms. The molecule has 0 aliphatic heterocycles. The van der Waals surface area contributed by atoms with E-state index >= 15 is 0 Å². The Morgan fingerprint density at radius 3 is 2.41 bits per heavy atom. The van der Waals surface area contributed by atoms with E-state index in [1.165, 1.54) is 11.1 Å². The topological polar surface area (TPSA) is 46.5 Å². The third-order valence-corrected chi connectivity index (χ3v) is 3.08. The van der Waals surface area contributed by atoms with Crippen molar-refractivity contribution >= 4 is 5.97 Å². The number of carboxylic acids is 1. The zero-order valence-electron chi connectivity index (χ0n) is 10.7. The molecule has 1 N–H and O–H groups in total. The zero-order chi connectivity index (χ0) is 12.9. The summed E-state index contributed by atoms with van der Waals surface area (Å²) < 4.78 is 5.31. The Balaban J connectivity index is 2.58. The molecule has 1 atom stereocenters. The van der Waals surface area contributed by atoms with Gasteiger partial charge in [-0.05, 0) is 32.3 Å². The second-order valence-corrected chi connectivity index (χ2v) is 4.71. The molecule has 0 aromatic heterocycles. The molecular weight excluding hydrogens is 216 g/mol. The molecule has 1 rings (SSSR count). The smallest absolute Gasteiger partial charge is 0.306 e. The van der Waals surface area contributed by atoms with Crippen molar-refractivity contribution in [2.45, 2.75) is 38.7 Å². The molecule has 0 radical (unpaired) electrons. The zero-order valence-corrected chi connectivity index (χ0v) is 10.7. The molecule has 0 heterocycles. The normalized spacial score (nSPS) is 14.3. The van der Waals surface area contributed by atoms with Gasteiger partial charge in [0.2, 0.25) is 0 Å². The van der Waals surface area contributed by atoms with E-state index in [4.69, 9.17) is 9.84 Å². The Morgan fingerprint density at radius 2 is 1.94 bits per heavy atom. The average molecular weight is 236 g/mol. The monoisotopic (exact) mass is 236 g/mol. The van der Waals surface area contributed by atoms with Crippen LogP contribution in [-0.2, 0) is 16.0 Å². The maximum atomic E-state index is 10.7. The Hall–Kier alpha value is -1.35. The van der Waals surface area contributed by atoms with Gasteiger partial charge in [0.05, 0.1) is 12.0 Å². The van der Waals surface area contributed by atoms with Gasteiger partial charge in [-0.15, -0.1) is 0 Å². The van der Waals surface area contributed by atoms with Gasteiger partial charge in [0.1, 0.15) is 0 Å². The van der Waals surface area contributed by atoms with Gasteiger partial charge in [0.25, 0.3) is 0 Å². The Kier molecular flexibility index (Phi) is 4.70. The van der Waals surface area contributed by atoms with Crippen molar-refractivity contribution in [3.05, 3.63) is 35.4 Å². The summed E-state index contributed by atoms with van der Waals surface area (Å²) in [6.45, 7) is 3.89. The fourth-order valence-electron chi connectivity index (χ4n) is 1.75. The van der Waals surface area contributed by atoms with Crippen LogP contribution < -0.4 is 0 Å². The Bertz CT molecular complexity index is 370. The molecule has 3 heteroatoms. The predicted octanol–water partition coefficient (Wildman–Crippen LogP) is 2.81. The van der Waals surface area contributed by atoms with Crippen LogP contribution >= 0.6 is 0 Å². The minimum Gasteiger partial charge on any atom is -0.481 e. The standard InChI is InChI=1S/C14H20O3/c1-11-4-6-12(7-5-11)8-9-14(2,17-3)10-13(15)16/h4-7H,8-10H2,1-3H3,(H,15,16). The molecule has 1 unspecified atom stereocenters. The van der Waals surface area contributed by atoms with Gasteiger partial charge >= 0.3 is 5.97 Å². The number of benzene rings is 1. The van der Waals surface area contributed by atoms with Gasteiger partial charge in [-0.25, -0.2) is 0 Å². The van der Waals surface area contributed by atoms with Crippen LogP contribution in [-0.4, -0.2) is 23.8 Å². The molecule has 0 aliphatic rings. The van der Waals surface area contributed by atoms with Crippen LogP contribution in [0, 0.1) is 6.92 Å². The third kappa shape index (κ3) is 4.57. The number of hydrogen-bond donors (Lipinski definition) is 1. The second-order valence-electron chi connectivity index (χ2n) is 4.71. The van der Waals surface area contributed by atoms with Crippen LogP contribution in [0.15, 0.2) is 24.3 Å². The summed E-state index contributed by atoms with van der Waals surface area (Å²) in [5, 5.41) is 8.83. The SMILES string of the molecule is COC(C)(CCc1ccc(C)cc1)CC(=O)O. The van der Waals surface area contributed by atoms with Gasteiger partial charge in [-0.1, -0.05) is 29.8 Å². The highest BCUT2D eigenvalue weighted by Gasteiger charge is 2.26. The van der Waals surface area contributed by atoms with Crippen molar-refractivity contribution in [3.63, 3.8) is 0 Å². The van der Waals surface area contributed by atoms with Gasteiger partial charge in [0, 0.05) is 7.11 Å². The fourth-order valence-corrected chi connectivity index (χ4v) is 1.75. The summed E-state index contributed by atoms with van der Waals surface area (Å²) in [6, 6.07) is 8.28. The molecule has 0 saturated carbocycles. The molecule has 0 fully saturated rings. The van der Waals surface area contributed by atoms with Crippen LogP contribution in [0.1, 0.15) is 30.9 Å². The molecule has 0 aliphatic carbocycles. The molecule has 94 valence electrons. The number of hydrogen-bond acceptors (Lipinski definition) is 2. The highest BCUT2D eigenvalue weighted by Crippen LogP contribution is 2.22. The molecule has 0 saturated heterocycles. The highest BCUT2D eigenvalue weighted by atomic mass is 16.5. The second kappa shape index (κ2) is 5.82. The first-order chi connectivity index (χ1) is 7.95. The fraction of sp³-hybridized carbons (Fsp3) is 0.500.